The van der Waals surface area contributed by atoms with Crippen LogP contribution >= 0.6 is 23.2 Å². The molecule has 2 amide bonds. The van der Waals surface area contributed by atoms with Gasteiger partial charge in [0.2, 0.25) is 0 Å². The van der Waals surface area contributed by atoms with Crippen LogP contribution in [0, 0.1) is 0 Å². The number of carbonyl (C=O) groups excluding carboxylic acids is 1. The van der Waals surface area contributed by atoms with Crippen molar-refractivity contribution in [2.45, 2.75) is 6.54 Å². The maximum absolute atomic E-state index is 10.9. The van der Waals surface area contributed by atoms with E-state index in [2.05, 4.69) is 10.4 Å². The Hall–Kier alpha value is -2.50. The molecule has 0 aliphatic rings. The fourth-order valence-corrected chi connectivity index (χ4v) is 2.55. The van der Waals surface area contributed by atoms with Gasteiger partial charge in [-0.3, -0.25) is 0 Å². The zero-order valence-corrected chi connectivity index (χ0v) is 14.1. The van der Waals surface area contributed by atoms with Gasteiger partial charge in [-0.05, 0) is 42.5 Å². The van der Waals surface area contributed by atoms with Gasteiger partial charge in [0.15, 0.2) is 0 Å². The minimum absolute atomic E-state index is 0.247. The molecule has 7 heteroatoms. The Morgan fingerprint density at radius 3 is 2.21 bits per heavy atom. The summed E-state index contributed by atoms with van der Waals surface area (Å²) in [6.45, 7) is 0.247. The van der Waals surface area contributed by atoms with Crippen molar-refractivity contribution < 1.29 is 4.79 Å². The molecule has 3 N–H and O–H groups in total. The monoisotopic (exact) mass is 360 g/mol. The van der Waals surface area contributed by atoms with Crippen LogP contribution in [0.1, 0.15) is 5.69 Å². The Balaban J connectivity index is 2.05. The van der Waals surface area contributed by atoms with Gasteiger partial charge in [0.05, 0.1) is 23.6 Å². The molecule has 24 heavy (non-hydrogen) atoms. The van der Waals surface area contributed by atoms with E-state index in [4.69, 9.17) is 28.9 Å². The molecule has 1 heterocycles. The standard InChI is InChI=1S/C17H14Cl2N4O/c18-12-3-1-11(2-4-12)16-9-14(10-21-17(20)24)22-23(16)15-7-5-13(19)6-8-15/h1-9H,10H2,(H3,20,21,24). The Morgan fingerprint density at radius 2 is 1.62 bits per heavy atom. The molecule has 3 aromatic rings. The molecule has 0 radical (unpaired) electrons. The molecule has 0 unspecified atom stereocenters. The van der Waals surface area contributed by atoms with Gasteiger partial charge in [-0.15, -0.1) is 0 Å². The number of carbonyl (C=O) groups is 1. The summed E-state index contributed by atoms with van der Waals surface area (Å²) in [4.78, 5) is 10.9. The summed E-state index contributed by atoms with van der Waals surface area (Å²) in [6.07, 6.45) is 0. The molecule has 5 nitrogen and oxygen atoms in total. The second-order valence-corrected chi connectivity index (χ2v) is 6.01. The van der Waals surface area contributed by atoms with Crippen LogP contribution in [-0.2, 0) is 6.54 Å². The number of benzene rings is 2. The maximum Gasteiger partial charge on any atom is 0.312 e. The molecule has 3 rings (SSSR count). The average Bonchev–Trinajstić information content (AvgIpc) is 2.98. The van der Waals surface area contributed by atoms with Crippen molar-refractivity contribution >= 4 is 29.2 Å². The lowest BCUT2D eigenvalue weighted by atomic mass is 10.1. The first kappa shape index (κ1) is 16.4. The summed E-state index contributed by atoms with van der Waals surface area (Å²) >= 11 is 11.9. The maximum atomic E-state index is 10.9. The van der Waals surface area contributed by atoms with Crippen molar-refractivity contribution in [1.29, 1.82) is 0 Å². The summed E-state index contributed by atoms with van der Waals surface area (Å²) in [5.41, 5.74) is 8.49. The first-order valence-corrected chi connectivity index (χ1v) is 7.92. The summed E-state index contributed by atoms with van der Waals surface area (Å²) in [6, 6.07) is 16.1. The topological polar surface area (TPSA) is 72.9 Å². The van der Waals surface area contributed by atoms with Gasteiger partial charge in [0, 0.05) is 15.6 Å². The van der Waals surface area contributed by atoms with Crippen molar-refractivity contribution in [3.05, 3.63) is 70.3 Å². The molecule has 0 saturated carbocycles. The molecule has 0 aliphatic carbocycles. The van der Waals surface area contributed by atoms with Crippen molar-refractivity contribution in [2.24, 2.45) is 5.73 Å². The Kier molecular flexibility index (Phi) is 4.74. The normalized spacial score (nSPS) is 10.6. The number of amides is 2. The summed E-state index contributed by atoms with van der Waals surface area (Å²) in [5, 5.41) is 8.40. The predicted molar refractivity (Wildman–Crippen MR) is 95.4 cm³/mol. The first-order chi connectivity index (χ1) is 11.5. The predicted octanol–water partition coefficient (Wildman–Crippen LogP) is 4.01. The van der Waals surface area contributed by atoms with E-state index in [1.165, 1.54) is 0 Å². The van der Waals surface area contributed by atoms with Crippen molar-refractivity contribution in [1.82, 2.24) is 15.1 Å². The molecule has 1 aromatic heterocycles. The quantitative estimate of drug-likeness (QED) is 0.737. The van der Waals surface area contributed by atoms with Crippen molar-refractivity contribution in [3.8, 4) is 16.9 Å². The number of nitrogens with zero attached hydrogens (tertiary/aromatic N) is 2. The van der Waals surface area contributed by atoms with E-state index in [0.29, 0.717) is 15.7 Å². The first-order valence-electron chi connectivity index (χ1n) is 7.17. The second-order valence-electron chi connectivity index (χ2n) is 5.13. The molecule has 2 aromatic carbocycles. The molecule has 0 aliphatic heterocycles. The van der Waals surface area contributed by atoms with Crippen LogP contribution in [0.4, 0.5) is 4.79 Å². The third-order valence-electron chi connectivity index (χ3n) is 3.41. The lowest BCUT2D eigenvalue weighted by Crippen LogP contribution is -2.28. The Labute approximate surface area is 149 Å². The van der Waals surface area contributed by atoms with Crippen LogP contribution < -0.4 is 11.1 Å². The van der Waals surface area contributed by atoms with Crippen molar-refractivity contribution in [3.63, 3.8) is 0 Å². The van der Waals surface area contributed by atoms with Gasteiger partial charge in [-0.2, -0.15) is 5.10 Å². The van der Waals surface area contributed by atoms with Gasteiger partial charge >= 0.3 is 6.03 Å². The molecule has 0 saturated heterocycles. The van der Waals surface area contributed by atoms with Crippen LogP contribution in [0.2, 0.25) is 10.0 Å². The molecule has 122 valence electrons. The van der Waals surface area contributed by atoms with Crippen LogP contribution in [0.15, 0.2) is 54.6 Å². The van der Waals surface area contributed by atoms with Crippen LogP contribution in [0.3, 0.4) is 0 Å². The summed E-state index contributed by atoms with van der Waals surface area (Å²) < 4.78 is 1.79. The van der Waals surface area contributed by atoms with E-state index in [9.17, 15) is 4.79 Å². The summed E-state index contributed by atoms with van der Waals surface area (Å²) in [5.74, 6) is 0. The lowest BCUT2D eigenvalue weighted by Gasteiger charge is -2.08. The fraction of sp³-hybridized carbons (Fsp3) is 0.0588. The van der Waals surface area contributed by atoms with Crippen LogP contribution in [0.25, 0.3) is 16.9 Å². The van der Waals surface area contributed by atoms with E-state index >= 15 is 0 Å². The highest BCUT2D eigenvalue weighted by molar-refractivity contribution is 6.30. The minimum atomic E-state index is -0.593. The number of rotatable bonds is 4. The third kappa shape index (κ3) is 3.69. The van der Waals surface area contributed by atoms with E-state index in [1.54, 1.807) is 16.8 Å². The number of primary amides is 1. The number of aromatic nitrogens is 2. The third-order valence-corrected chi connectivity index (χ3v) is 3.92. The number of hydrogen-bond acceptors (Lipinski definition) is 2. The largest absolute Gasteiger partial charge is 0.352 e. The minimum Gasteiger partial charge on any atom is -0.352 e. The van der Waals surface area contributed by atoms with Gasteiger partial charge in [-0.1, -0.05) is 35.3 Å². The molecule has 0 bridgehead atoms. The highest BCUT2D eigenvalue weighted by Crippen LogP contribution is 2.26. The van der Waals surface area contributed by atoms with Gasteiger partial charge < -0.3 is 11.1 Å². The fourth-order valence-electron chi connectivity index (χ4n) is 2.30. The molecule has 0 atom stereocenters. The summed E-state index contributed by atoms with van der Waals surface area (Å²) in [7, 11) is 0. The van der Waals surface area contributed by atoms with Crippen LogP contribution in [-0.4, -0.2) is 15.8 Å². The van der Waals surface area contributed by atoms with Gasteiger partial charge in [0.25, 0.3) is 0 Å². The number of nitrogens with one attached hydrogen (secondary N) is 1. The SMILES string of the molecule is NC(=O)NCc1cc(-c2ccc(Cl)cc2)n(-c2ccc(Cl)cc2)n1. The molecule has 0 spiro atoms. The van der Waals surface area contributed by atoms with E-state index in [-0.39, 0.29) is 6.54 Å². The highest BCUT2D eigenvalue weighted by atomic mass is 35.5. The number of nitrogens with two attached hydrogens (primary N) is 1. The smallest absolute Gasteiger partial charge is 0.312 e. The van der Waals surface area contributed by atoms with E-state index in [1.807, 2.05) is 42.5 Å². The average molecular weight is 361 g/mol. The number of urea groups is 1. The second kappa shape index (κ2) is 6.95. The van der Waals surface area contributed by atoms with E-state index in [0.717, 1.165) is 16.9 Å². The number of hydrogen-bond donors (Lipinski definition) is 2. The highest BCUT2D eigenvalue weighted by Gasteiger charge is 2.12. The zero-order chi connectivity index (χ0) is 17.1. The lowest BCUT2D eigenvalue weighted by molar-refractivity contribution is 0.248. The Bertz CT molecular complexity index is 794. The molecular formula is C17H14Cl2N4O. The van der Waals surface area contributed by atoms with Gasteiger partial charge in [-0.25, -0.2) is 9.48 Å². The molecule has 0 fully saturated rings. The van der Waals surface area contributed by atoms with E-state index < -0.39 is 6.03 Å². The van der Waals surface area contributed by atoms with Gasteiger partial charge in [0.1, 0.15) is 0 Å². The van der Waals surface area contributed by atoms with Crippen molar-refractivity contribution in [2.75, 3.05) is 0 Å². The zero-order valence-electron chi connectivity index (χ0n) is 12.5. The van der Waals surface area contributed by atoms with Crippen LogP contribution in [0.5, 0.6) is 0 Å². The molecular weight excluding hydrogens is 347 g/mol. The Morgan fingerprint density at radius 1 is 1.04 bits per heavy atom. The number of halogens is 2.